The van der Waals surface area contributed by atoms with Gasteiger partial charge in [0.2, 0.25) is 5.91 Å². The van der Waals surface area contributed by atoms with Gasteiger partial charge in [-0.2, -0.15) is 0 Å². The molecular weight excluding hydrogens is 428 g/mol. The summed E-state index contributed by atoms with van der Waals surface area (Å²) in [5.74, 6) is 0.820. The molecule has 1 aromatic heterocycles. The number of aromatic nitrogens is 2. The fraction of sp³-hybridized carbons (Fsp3) is 0.444. The van der Waals surface area contributed by atoms with E-state index in [2.05, 4.69) is 10.3 Å². The zero-order valence-electron chi connectivity index (χ0n) is 19.9. The summed E-state index contributed by atoms with van der Waals surface area (Å²) in [6.07, 6.45) is 6.69. The number of para-hydroxylation sites is 2. The minimum Gasteiger partial charge on any atom is -0.497 e. The molecule has 1 saturated carbocycles. The lowest BCUT2D eigenvalue weighted by Crippen LogP contribution is -2.64. The highest BCUT2D eigenvalue weighted by molar-refractivity contribution is 6.01. The zero-order chi connectivity index (χ0) is 23.7. The molecule has 3 aromatic rings. The average Bonchev–Trinajstić information content (AvgIpc) is 3.02. The highest BCUT2D eigenvalue weighted by atomic mass is 16.5. The Morgan fingerprint density at radius 1 is 1.09 bits per heavy atom. The van der Waals surface area contributed by atoms with E-state index < -0.39 is 5.54 Å². The van der Waals surface area contributed by atoms with Crippen molar-refractivity contribution in [3.05, 3.63) is 59.9 Å². The fourth-order valence-corrected chi connectivity index (χ4v) is 5.26. The molecule has 7 nitrogen and oxygen atoms in total. The second-order valence-corrected chi connectivity index (χ2v) is 9.69. The number of fused-ring (bicyclic) bond motifs is 3. The van der Waals surface area contributed by atoms with E-state index in [9.17, 15) is 9.59 Å². The second-order valence-electron chi connectivity index (χ2n) is 9.69. The summed E-state index contributed by atoms with van der Waals surface area (Å²) in [5, 5.41) is 3.31. The molecule has 0 saturated heterocycles. The molecule has 1 N–H and O–H groups in total. The molecule has 2 aliphatic rings. The van der Waals surface area contributed by atoms with Gasteiger partial charge < -0.3 is 19.5 Å². The Balaban J connectivity index is 1.52. The molecule has 7 heteroatoms. The van der Waals surface area contributed by atoms with Gasteiger partial charge in [-0.1, -0.05) is 49.9 Å². The number of benzene rings is 2. The molecule has 2 aromatic carbocycles. The summed E-state index contributed by atoms with van der Waals surface area (Å²) >= 11 is 0. The Bertz CT molecular complexity index is 1190. The number of imidazole rings is 1. The van der Waals surface area contributed by atoms with E-state index in [4.69, 9.17) is 4.74 Å². The summed E-state index contributed by atoms with van der Waals surface area (Å²) in [4.78, 5) is 34.0. The molecular formula is C27H32N4O3. The topological polar surface area (TPSA) is 76.5 Å². The molecule has 1 fully saturated rings. The van der Waals surface area contributed by atoms with Crippen LogP contribution in [-0.2, 0) is 17.9 Å². The first kappa shape index (κ1) is 22.4. The van der Waals surface area contributed by atoms with E-state index in [-0.39, 0.29) is 17.9 Å². The fourth-order valence-electron chi connectivity index (χ4n) is 5.26. The van der Waals surface area contributed by atoms with E-state index in [1.807, 2.05) is 60.0 Å². The Kier molecular flexibility index (Phi) is 6.02. The lowest BCUT2D eigenvalue weighted by molar-refractivity contribution is -0.134. The number of hydrogen-bond donors (Lipinski definition) is 1. The first-order valence-electron chi connectivity index (χ1n) is 12.2. The van der Waals surface area contributed by atoms with Crippen LogP contribution in [0.25, 0.3) is 11.0 Å². The second kappa shape index (κ2) is 9.12. The van der Waals surface area contributed by atoms with Crippen molar-refractivity contribution in [1.82, 2.24) is 19.8 Å². The van der Waals surface area contributed by atoms with Crippen LogP contribution in [-0.4, -0.2) is 45.0 Å². The minimum atomic E-state index is -1.04. The summed E-state index contributed by atoms with van der Waals surface area (Å²) in [5.41, 5.74) is 1.54. The van der Waals surface area contributed by atoms with Gasteiger partial charge in [0, 0.05) is 12.6 Å². The lowest BCUT2D eigenvalue weighted by atomic mass is 9.93. The van der Waals surface area contributed by atoms with Crippen LogP contribution >= 0.6 is 0 Å². The number of nitrogens with one attached hydrogen (secondary N) is 1. The highest BCUT2D eigenvalue weighted by Gasteiger charge is 2.48. The quantitative estimate of drug-likeness (QED) is 0.576. The Morgan fingerprint density at radius 2 is 1.79 bits per heavy atom. The molecule has 0 unspecified atom stereocenters. The third kappa shape index (κ3) is 4.04. The van der Waals surface area contributed by atoms with E-state index in [0.717, 1.165) is 48.0 Å². The Labute approximate surface area is 200 Å². The number of nitrogens with zero attached hydrogens (tertiary/aromatic N) is 3. The predicted molar refractivity (Wildman–Crippen MR) is 131 cm³/mol. The number of carbonyl (C=O) groups is 2. The number of hydrogen-bond acceptors (Lipinski definition) is 4. The van der Waals surface area contributed by atoms with Crippen LogP contribution in [0, 0.1) is 0 Å². The lowest BCUT2D eigenvalue weighted by Gasteiger charge is -2.44. The monoisotopic (exact) mass is 460 g/mol. The summed E-state index contributed by atoms with van der Waals surface area (Å²) < 4.78 is 7.19. The van der Waals surface area contributed by atoms with Gasteiger partial charge in [-0.3, -0.25) is 9.59 Å². The molecule has 1 aliphatic carbocycles. The van der Waals surface area contributed by atoms with E-state index in [1.165, 1.54) is 12.8 Å². The standard InChI is InChI=1S/C27H32N4O3/c1-27(26(33)28-20-9-5-3-4-6-10-20)18-30-23-12-8-7-11-22(23)29-24(30)25(32)31(27)17-19-13-15-21(34-2)16-14-19/h7-8,11-16,20H,3-6,9-10,17-18H2,1-2H3,(H,28,33)/t27-/m1/s1. The van der Waals surface area contributed by atoms with Crippen LogP contribution in [0.4, 0.5) is 0 Å². The molecule has 0 radical (unpaired) electrons. The zero-order valence-corrected chi connectivity index (χ0v) is 19.9. The van der Waals surface area contributed by atoms with Crippen molar-refractivity contribution in [1.29, 1.82) is 0 Å². The molecule has 178 valence electrons. The SMILES string of the molecule is COc1ccc(CN2C(=O)c3nc4ccccc4n3C[C@]2(C)C(=O)NC2CCCCCC2)cc1. The van der Waals surface area contributed by atoms with Crippen molar-refractivity contribution in [3.8, 4) is 5.75 Å². The Hall–Kier alpha value is -3.35. The third-order valence-corrected chi connectivity index (χ3v) is 7.33. The van der Waals surface area contributed by atoms with Crippen molar-refractivity contribution < 1.29 is 14.3 Å². The van der Waals surface area contributed by atoms with Crippen molar-refractivity contribution in [2.75, 3.05) is 7.11 Å². The van der Waals surface area contributed by atoms with Crippen molar-refractivity contribution in [2.24, 2.45) is 0 Å². The first-order valence-corrected chi connectivity index (χ1v) is 12.2. The van der Waals surface area contributed by atoms with Crippen LogP contribution in [0.1, 0.15) is 61.6 Å². The number of carbonyl (C=O) groups excluding carboxylic acids is 2. The first-order chi connectivity index (χ1) is 16.5. The normalized spacial score (nSPS) is 21.2. The van der Waals surface area contributed by atoms with Gasteiger partial charge in [0.25, 0.3) is 5.91 Å². The van der Waals surface area contributed by atoms with Crippen LogP contribution in [0.2, 0.25) is 0 Å². The third-order valence-electron chi connectivity index (χ3n) is 7.33. The number of rotatable bonds is 5. The van der Waals surface area contributed by atoms with Gasteiger partial charge in [0.15, 0.2) is 5.82 Å². The molecule has 0 spiro atoms. The van der Waals surface area contributed by atoms with E-state index in [1.54, 1.807) is 12.0 Å². The van der Waals surface area contributed by atoms with Gasteiger partial charge in [-0.05, 0) is 49.6 Å². The minimum absolute atomic E-state index is 0.0929. The van der Waals surface area contributed by atoms with Gasteiger partial charge in [-0.25, -0.2) is 4.98 Å². The van der Waals surface area contributed by atoms with Crippen LogP contribution in [0.3, 0.4) is 0 Å². The van der Waals surface area contributed by atoms with Crippen LogP contribution < -0.4 is 10.1 Å². The number of methoxy groups -OCH3 is 1. The molecule has 1 aliphatic heterocycles. The van der Waals surface area contributed by atoms with Crippen LogP contribution in [0.5, 0.6) is 5.75 Å². The van der Waals surface area contributed by atoms with E-state index in [0.29, 0.717) is 18.9 Å². The molecule has 1 atom stereocenters. The van der Waals surface area contributed by atoms with Gasteiger partial charge >= 0.3 is 0 Å². The summed E-state index contributed by atoms with van der Waals surface area (Å²) in [6.45, 7) is 2.57. The van der Waals surface area contributed by atoms with Crippen molar-refractivity contribution in [3.63, 3.8) is 0 Å². The predicted octanol–water partition coefficient (Wildman–Crippen LogP) is 4.30. The van der Waals surface area contributed by atoms with Crippen molar-refractivity contribution in [2.45, 2.75) is 70.1 Å². The maximum Gasteiger partial charge on any atom is 0.291 e. The van der Waals surface area contributed by atoms with Crippen LogP contribution in [0.15, 0.2) is 48.5 Å². The van der Waals surface area contributed by atoms with Gasteiger partial charge in [-0.15, -0.1) is 0 Å². The summed E-state index contributed by atoms with van der Waals surface area (Å²) in [7, 11) is 1.63. The van der Waals surface area contributed by atoms with Crippen molar-refractivity contribution >= 4 is 22.8 Å². The summed E-state index contributed by atoms with van der Waals surface area (Å²) in [6, 6.07) is 15.5. The average molecular weight is 461 g/mol. The molecule has 34 heavy (non-hydrogen) atoms. The number of ether oxygens (including phenoxy) is 1. The number of amides is 2. The maximum absolute atomic E-state index is 13.9. The molecule has 5 rings (SSSR count). The van der Waals surface area contributed by atoms with E-state index >= 15 is 0 Å². The van der Waals surface area contributed by atoms with Gasteiger partial charge in [0.1, 0.15) is 11.3 Å². The van der Waals surface area contributed by atoms with Gasteiger partial charge in [0.05, 0.1) is 24.7 Å². The molecule has 2 amide bonds. The Morgan fingerprint density at radius 3 is 2.50 bits per heavy atom. The highest BCUT2D eigenvalue weighted by Crippen LogP contribution is 2.32. The maximum atomic E-state index is 13.9. The largest absolute Gasteiger partial charge is 0.497 e. The molecule has 0 bridgehead atoms. The molecule has 2 heterocycles. The smallest absolute Gasteiger partial charge is 0.291 e.